The highest BCUT2D eigenvalue weighted by Crippen LogP contribution is 2.25. The zero-order valence-electron chi connectivity index (χ0n) is 17.8. The molecule has 0 N–H and O–H groups in total. The van der Waals surface area contributed by atoms with Gasteiger partial charge in [-0.1, -0.05) is 30.3 Å². The smallest absolute Gasteiger partial charge is 0.260 e. The van der Waals surface area contributed by atoms with Crippen LogP contribution in [0.4, 0.5) is 0 Å². The third kappa shape index (κ3) is 4.78. The average Bonchev–Trinajstić information content (AvgIpc) is 2.97. The molecule has 1 aliphatic rings. The minimum absolute atomic E-state index is 0.0247. The van der Waals surface area contributed by atoms with Crippen LogP contribution in [-0.2, 0) is 4.79 Å². The molecule has 1 fully saturated rings. The molecular formula is C24H30N2O3. The summed E-state index contributed by atoms with van der Waals surface area (Å²) in [7, 11) is 0. The first-order valence-electron chi connectivity index (χ1n) is 10.2. The van der Waals surface area contributed by atoms with Crippen LogP contribution in [0.25, 0.3) is 0 Å². The molecule has 0 unspecified atom stereocenters. The Morgan fingerprint density at radius 2 is 1.48 bits per heavy atom. The van der Waals surface area contributed by atoms with E-state index < -0.39 is 0 Å². The van der Waals surface area contributed by atoms with Gasteiger partial charge in [-0.25, -0.2) is 0 Å². The van der Waals surface area contributed by atoms with Gasteiger partial charge in [-0.3, -0.25) is 9.59 Å². The van der Waals surface area contributed by atoms with Gasteiger partial charge in [-0.15, -0.1) is 0 Å². The number of benzene rings is 2. The zero-order chi connectivity index (χ0) is 21.0. The Morgan fingerprint density at radius 1 is 0.828 bits per heavy atom. The molecule has 2 aromatic carbocycles. The van der Waals surface area contributed by atoms with E-state index in [1.54, 1.807) is 0 Å². The van der Waals surface area contributed by atoms with Gasteiger partial charge >= 0.3 is 0 Å². The van der Waals surface area contributed by atoms with Gasteiger partial charge in [0.15, 0.2) is 6.61 Å². The molecule has 0 spiro atoms. The van der Waals surface area contributed by atoms with Gasteiger partial charge in [0.05, 0.1) is 0 Å². The van der Waals surface area contributed by atoms with Crippen LogP contribution in [0.15, 0.2) is 36.4 Å². The van der Waals surface area contributed by atoms with Crippen LogP contribution in [0.2, 0.25) is 0 Å². The lowest BCUT2D eigenvalue weighted by atomic mass is 10.1. The van der Waals surface area contributed by atoms with Crippen molar-refractivity contribution in [1.82, 2.24) is 9.80 Å². The van der Waals surface area contributed by atoms with Crippen LogP contribution in [0.1, 0.15) is 39.0 Å². The summed E-state index contributed by atoms with van der Waals surface area (Å²) >= 11 is 0. The monoisotopic (exact) mass is 394 g/mol. The number of aryl methyl sites for hydroxylation is 3. The predicted octanol–water partition coefficient (Wildman–Crippen LogP) is 3.67. The van der Waals surface area contributed by atoms with Gasteiger partial charge in [0.25, 0.3) is 11.8 Å². The van der Waals surface area contributed by atoms with Crippen LogP contribution in [0.3, 0.4) is 0 Å². The lowest BCUT2D eigenvalue weighted by Gasteiger charge is -2.23. The topological polar surface area (TPSA) is 49.9 Å². The van der Waals surface area contributed by atoms with E-state index in [-0.39, 0.29) is 18.4 Å². The Balaban J connectivity index is 1.59. The molecule has 3 rings (SSSR count). The van der Waals surface area contributed by atoms with Gasteiger partial charge in [0.2, 0.25) is 0 Å². The third-order valence-corrected chi connectivity index (χ3v) is 5.72. The lowest BCUT2D eigenvalue weighted by molar-refractivity contribution is -0.133. The molecule has 1 saturated heterocycles. The fraction of sp³-hybridized carbons (Fsp3) is 0.417. The molecule has 0 bridgehead atoms. The summed E-state index contributed by atoms with van der Waals surface area (Å²) in [5.41, 5.74) is 4.97. The standard InChI is InChI=1S/C24H30N2O3/c1-17-10-11-19(3)23(20(17)4)29-16-22(27)25-12-7-13-26(15-14-25)24(28)21-9-6-5-8-18(21)2/h5-6,8-11H,7,12-16H2,1-4H3. The van der Waals surface area contributed by atoms with Crippen LogP contribution >= 0.6 is 0 Å². The number of ether oxygens (including phenoxy) is 1. The van der Waals surface area contributed by atoms with Gasteiger partial charge in [-0.2, -0.15) is 0 Å². The van der Waals surface area contributed by atoms with Crippen LogP contribution in [0.5, 0.6) is 5.75 Å². The van der Waals surface area contributed by atoms with Crippen molar-refractivity contribution in [2.24, 2.45) is 0 Å². The molecule has 2 aromatic rings. The number of carbonyl (C=O) groups excluding carboxylic acids is 2. The maximum Gasteiger partial charge on any atom is 0.260 e. The van der Waals surface area contributed by atoms with Crippen molar-refractivity contribution in [3.8, 4) is 5.75 Å². The molecule has 154 valence electrons. The van der Waals surface area contributed by atoms with E-state index >= 15 is 0 Å². The van der Waals surface area contributed by atoms with Gasteiger partial charge < -0.3 is 14.5 Å². The van der Waals surface area contributed by atoms with Crippen molar-refractivity contribution < 1.29 is 14.3 Å². The van der Waals surface area contributed by atoms with E-state index in [0.29, 0.717) is 26.2 Å². The molecule has 0 aromatic heterocycles. The van der Waals surface area contributed by atoms with Gasteiger partial charge in [0, 0.05) is 31.7 Å². The first kappa shape index (κ1) is 20.9. The van der Waals surface area contributed by atoms with Crippen molar-refractivity contribution in [2.75, 3.05) is 32.8 Å². The lowest BCUT2D eigenvalue weighted by Crippen LogP contribution is -2.39. The molecule has 5 heteroatoms. The number of hydrogen-bond donors (Lipinski definition) is 0. The van der Waals surface area contributed by atoms with E-state index in [4.69, 9.17) is 4.74 Å². The van der Waals surface area contributed by atoms with Crippen molar-refractivity contribution >= 4 is 11.8 Å². The quantitative estimate of drug-likeness (QED) is 0.795. The minimum atomic E-state index is -0.0319. The van der Waals surface area contributed by atoms with E-state index in [1.165, 1.54) is 0 Å². The zero-order valence-corrected chi connectivity index (χ0v) is 17.8. The largest absolute Gasteiger partial charge is 0.483 e. The van der Waals surface area contributed by atoms with Crippen LogP contribution in [0, 0.1) is 27.7 Å². The maximum absolute atomic E-state index is 12.9. The number of carbonyl (C=O) groups is 2. The highest BCUT2D eigenvalue weighted by molar-refractivity contribution is 5.95. The maximum atomic E-state index is 12.9. The third-order valence-electron chi connectivity index (χ3n) is 5.72. The first-order chi connectivity index (χ1) is 13.9. The Bertz CT molecular complexity index is 907. The fourth-order valence-corrected chi connectivity index (χ4v) is 3.73. The van der Waals surface area contributed by atoms with E-state index in [9.17, 15) is 9.59 Å². The van der Waals surface area contributed by atoms with E-state index in [1.807, 2.05) is 67.8 Å². The second-order valence-corrected chi connectivity index (χ2v) is 7.78. The summed E-state index contributed by atoms with van der Waals surface area (Å²) in [5, 5.41) is 0. The summed E-state index contributed by atoms with van der Waals surface area (Å²) in [6, 6.07) is 11.7. The Labute approximate surface area is 173 Å². The van der Waals surface area contributed by atoms with Crippen molar-refractivity contribution in [3.05, 3.63) is 64.2 Å². The summed E-state index contributed by atoms with van der Waals surface area (Å²) < 4.78 is 5.89. The molecule has 0 atom stereocenters. The number of rotatable bonds is 4. The highest BCUT2D eigenvalue weighted by atomic mass is 16.5. The molecule has 1 heterocycles. The SMILES string of the molecule is Cc1ccccc1C(=O)N1CCCN(C(=O)COc2c(C)ccc(C)c2C)CC1. The molecule has 1 aliphatic heterocycles. The molecule has 0 aliphatic carbocycles. The van der Waals surface area contributed by atoms with Crippen LogP contribution < -0.4 is 4.74 Å². The first-order valence-corrected chi connectivity index (χ1v) is 10.2. The van der Waals surface area contributed by atoms with E-state index in [0.717, 1.165) is 40.0 Å². The van der Waals surface area contributed by atoms with Crippen molar-refractivity contribution in [1.29, 1.82) is 0 Å². The molecule has 5 nitrogen and oxygen atoms in total. The average molecular weight is 395 g/mol. The molecule has 0 radical (unpaired) electrons. The summed E-state index contributed by atoms with van der Waals surface area (Å²) in [4.78, 5) is 29.3. The second-order valence-electron chi connectivity index (χ2n) is 7.78. The Morgan fingerprint density at radius 3 is 2.24 bits per heavy atom. The van der Waals surface area contributed by atoms with Crippen molar-refractivity contribution in [2.45, 2.75) is 34.1 Å². The number of nitrogens with zero attached hydrogens (tertiary/aromatic N) is 2. The summed E-state index contributed by atoms with van der Waals surface area (Å²) in [6.07, 6.45) is 0.770. The molecule has 29 heavy (non-hydrogen) atoms. The summed E-state index contributed by atoms with van der Waals surface area (Å²) in [5.74, 6) is 0.805. The minimum Gasteiger partial charge on any atom is -0.483 e. The van der Waals surface area contributed by atoms with E-state index in [2.05, 4.69) is 6.07 Å². The highest BCUT2D eigenvalue weighted by Gasteiger charge is 2.24. The Hall–Kier alpha value is -2.82. The fourth-order valence-electron chi connectivity index (χ4n) is 3.73. The normalized spacial score (nSPS) is 14.5. The number of hydrogen-bond acceptors (Lipinski definition) is 3. The Kier molecular flexibility index (Phi) is 6.57. The van der Waals surface area contributed by atoms with Crippen LogP contribution in [-0.4, -0.2) is 54.4 Å². The summed E-state index contributed by atoms with van der Waals surface area (Å²) in [6.45, 7) is 10.4. The second kappa shape index (κ2) is 9.12. The van der Waals surface area contributed by atoms with Crippen molar-refractivity contribution in [3.63, 3.8) is 0 Å². The predicted molar refractivity (Wildman–Crippen MR) is 114 cm³/mol. The molecule has 2 amide bonds. The van der Waals surface area contributed by atoms with Gasteiger partial charge in [-0.05, 0) is 62.4 Å². The number of amides is 2. The van der Waals surface area contributed by atoms with Gasteiger partial charge in [0.1, 0.15) is 5.75 Å². The molecule has 0 saturated carbocycles. The molecular weight excluding hydrogens is 364 g/mol.